The van der Waals surface area contributed by atoms with Crippen LogP contribution in [0.3, 0.4) is 0 Å². The first-order valence-electron chi connectivity index (χ1n) is 24.7. The summed E-state index contributed by atoms with van der Waals surface area (Å²) in [6.45, 7) is 10.2. The predicted molar refractivity (Wildman–Crippen MR) is 298 cm³/mol. The molecule has 15 rings (SSSR count). The first-order valence-corrected chi connectivity index (χ1v) is 30.7. The van der Waals surface area contributed by atoms with Crippen LogP contribution in [0, 0.1) is 0 Å². The quantitative estimate of drug-likeness (QED) is 0.122. The van der Waals surface area contributed by atoms with Crippen molar-refractivity contribution in [2.45, 2.75) is 31.6 Å². The van der Waals surface area contributed by atoms with Crippen molar-refractivity contribution in [3.05, 3.63) is 241 Å². The fourth-order valence-corrected chi connectivity index (χ4v) is 21.3. The van der Waals surface area contributed by atoms with E-state index in [1.54, 1.807) is 10.4 Å². The van der Waals surface area contributed by atoms with Crippen molar-refractivity contribution in [1.29, 1.82) is 0 Å². The molecule has 1 spiro atoms. The number of benzene rings is 11. The molecule has 0 saturated heterocycles. The van der Waals surface area contributed by atoms with Gasteiger partial charge in [0, 0.05) is 0 Å². The lowest BCUT2D eigenvalue weighted by Crippen LogP contribution is -2.50. The molecule has 0 fully saturated rings. The van der Waals surface area contributed by atoms with Gasteiger partial charge in [-0.3, -0.25) is 0 Å². The van der Waals surface area contributed by atoms with Crippen molar-refractivity contribution >= 4 is 58.4 Å². The van der Waals surface area contributed by atoms with E-state index in [2.05, 4.69) is 245 Å². The lowest BCUT2D eigenvalue weighted by Gasteiger charge is -2.30. The van der Waals surface area contributed by atoms with E-state index in [1.807, 2.05) is 0 Å². The third kappa shape index (κ3) is 4.88. The van der Waals surface area contributed by atoms with Crippen LogP contribution in [-0.4, -0.2) is 16.1 Å². The Hall–Kier alpha value is -7.63. The highest BCUT2D eigenvalue weighted by molar-refractivity contribution is 7.05. The van der Waals surface area contributed by atoms with Crippen molar-refractivity contribution in [2.75, 3.05) is 0 Å². The van der Waals surface area contributed by atoms with Gasteiger partial charge in [-0.05, 0) is 149 Å². The molecule has 2 heteroatoms. The Labute approximate surface area is 406 Å². The molecule has 11 aromatic rings. The minimum absolute atomic E-state index is 0.433. The van der Waals surface area contributed by atoms with Crippen LogP contribution < -0.4 is 20.7 Å². The summed E-state index contributed by atoms with van der Waals surface area (Å²) in [6.07, 6.45) is 0. The molecule has 0 saturated carbocycles. The van der Waals surface area contributed by atoms with Gasteiger partial charge < -0.3 is 0 Å². The van der Waals surface area contributed by atoms with Gasteiger partial charge in [-0.2, -0.15) is 0 Å². The maximum absolute atomic E-state index is 2.59. The maximum atomic E-state index is 2.59. The molecule has 4 aliphatic rings. The molecule has 0 nitrogen and oxygen atoms in total. The van der Waals surface area contributed by atoms with E-state index < -0.39 is 21.6 Å². The van der Waals surface area contributed by atoms with Gasteiger partial charge in [-0.1, -0.05) is 239 Å². The molecule has 2 heterocycles. The monoisotopic (exact) mass is 908 g/mol. The first kappa shape index (κ1) is 39.4. The summed E-state index contributed by atoms with van der Waals surface area (Å²) in [5.74, 6) is 0. The van der Waals surface area contributed by atoms with E-state index in [0.717, 1.165) is 0 Å². The molecule has 11 aromatic carbocycles. The van der Waals surface area contributed by atoms with Gasteiger partial charge >= 0.3 is 0 Å². The SMILES string of the molecule is C[Si]1(C)c2ccccc2-c2cccc(-c3cccc4c(-c5cccc6c5-c5ccccc5C65c6ccccc6-c6ccccc65)c5cccc(-c6cccc7c6[Si](C)(C)c6ccccc6-7)c5cc34)c21. The van der Waals surface area contributed by atoms with Crippen LogP contribution in [0.4, 0.5) is 0 Å². The van der Waals surface area contributed by atoms with Gasteiger partial charge in [0.1, 0.15) is 16.1 Å². The van der Waals surface area contributed by atoms with Crippen LogP contribution in [0.5, 0.6) is 0 Å². The van der Waals surface area contributed by atoms with Crippen LogP contribution in [0.15, 0.2) is 218 Å². The maximum Gasteiger partial charge on any atom is 0.114 e. The molecule has 324 valence electrons. The van der Waals surface area contributed by atoms with Crippen molar-refractivity contribution < 1.29 is 0 Å². The van der Waals surface area contributed by atoms with Crippen LogP contribution >= 0.6 is 0 Å². The molecule has 0 aromatic heterocycles. The molecule has 69 heavy (non-hydrogen) atoms. The average Bonchev–Trinajstić information content (AvgIpc) is 4.03. The molecule has 0 unspecified atom stereocenters. The Balaban J connectivity index is 1.08. The topological polar surface area (TPSA) is 0 Å². The zero-order valence-corrected chi connectivity index (χ0v) is 41.3. The van der Waals surface area contributed by atoms with E-state index in [1.165, 1.54) is 132 Å². The smallest absolute Gasteiger partial charge is 0.0623 e. The standard InChI is InChI=1S/C67H48Si2/c1-68(2)61-38-13-8-22-45(61)51-31-17-29-49(65(51)68)41-25-15-27-47-55(41)40-56-42(50-30-18-32-52-46-23-9-14-39-62(46)69(3,4)66(50)52)26-16-28-48(56)63(47)54-33-19-37-60-64(54)53-24-7-12-36-59(53)67(60)57-34-10-5-20-43(57)44-21-6-11-35-58(44)67/h5-40H,1-4H3. The van der Waals surface area contributed by atoms with Crippen molar-refractivity contribution in [2.24, 2.45) is 0 Å². The Morgan fingerprint density at radius 1 is 0.246 bits per heavy atom. The second kappa shape index (κ2) is 13.8. The van der Waals surface area contributed by atoms with Crippen molar-refractivity contribution in [3.8, 4) is 77.9 Å². The highest BCUT2D eigenvalue weighted by Crippen LogP contribution is 2.64. The fourth-order valence-electron chi connectivity index (χ4n) is 14.4. The summed E-state index contributed by atoms with van der Waals surface area (Å²) >= 11 is 0. The van der Waals surface area contributed by atoms with Gasteiger partial charge in [-0.15, -0.1) is 0 Å². The molecular formula is C67H48Si2. The molecule has 2 aliphatic carbocycles. The summed E-state index contributed by atoms with van der Waals surface area (Å²) < 4.78 is 0. The zero-order valence-electron chi connectivity index (χ0n) is 39.3. The van der Waals surface area contributed by atoms with Crippen molar-refractivity contribution in [3.63, 3.8) is 0 Å². The number of rotatable bonds is 3. The van der Waals surface area contributed by atoms with Gasteiger partial charge in [0.05, 0.1) is 5.41 Å². The van der Waals surface area contributed by atoms with Crippen LogP contribution in [0.2, 0.25) is 26.2 Å². The summed E-state index contributed by atoms with van der Waals surface area (Å²) in [6, 6.07) is 84.5. The van der Waals surface area contributed by atoms with Gasteiger partial charge in [0.25, 0.3) is 0 Å². The molecule has 0 radical (unpaired) electrons. The lowest BCUT2D eigenvalue weighted by atomic mass is 9.70. The highest BCUT2D eigenvalue weighted by Gasteiger charge is 2.52. The molecule has 0 atom stereocenters. The van der Waals surface area contributed by atoms with E-state index in [9.17, 15) is 0 Å². The van der Waals surface area contributed by atoms with E-state index in [0.29, 0.717) is 0 Å². The largest absolute Gasteiger partial charge is 0.114 e. The Kier molecular flexibility index (Phi) is 7.85. The summed E-state index contributed by atoms with van der Waals surface area (Å²) in [7, 11) is -4.15. The minimum atomic E-state index is -2.08. The molecular weight excluding hydrogens is 861 g/mol. The molecule has 2 aliphatic heterocycles. The van der Waals surface area contributed by atoms with E-state index in [4.69, 9.17) is 0 Å². The first-order chi connectivity index (χ1) is 33.8. The molecule has 0 amide bonds. The average molecular weight is 909 g/mol. The Bertz CT molecular complexity index is 3880. The third-order valence-electron chi connectivity index (χ3n) is 17.1. The normalized spacial score (nSPS) is 15.3. The van der Waals surface area contributed by atoms with E-state index >= 15 is 0 Å². The molecule has 0 N–H and O–H groups in total. The Morgan fingerprint density at radius 3 is 1.09 bits per heavy atom. The zero-order chi connectivity index (χ0) is 46.0. The van der Waals surface area contributed by atoms with Gasteiger partial charge in [0.2, 0.25) is 0 Å². The predicted octanol–water partition coefficient (Wildman–Crippen LogP) is 14.9. The molecule has 0 bridgehead atoms. The number of hydrogen-bond donors (Lipinski definition) is 0. The second-order valence-electron chi connectivity index (χ2n) is 21.0. The van der Waals surface area contributed by atoms with Crippen LogP contribution in [0.25, 0.3) is 99.4 Å². The van der Waals surface area contributed by atoms with Gasteiger partial charge in [0.15, 0.2) is 0 Å². The van der Waals surface area contributed by atoms with Crippen molar-refractivity contribution in [1.82, 2.24) is 0 Å². The fraction of sp³-hybridized carbons (Fsp3) is 0.0746. The summed E-state index contributed by atoms with van der Waals surface area (Å²) in [5, 5.41) is 11.4. The highest BCUT2D eigenvalue weighted by atomic mass is 28.3. The van der Waals surface area contributed by atoms with Gasteiger partial charge in [-0.25, -0.2) is 0 Å². The van der Waals surface area contributed by atoms with Crippen LogP contribution in [0.1, 0.15) is 22.3 Å². The second-order valence-corrected chi connectivity index (χ2v) is 29.5. The lowest BCUT2D eigenvalue weighted by molar-refractivity contribution is 0.794. The third-order valence-corrected chi connectivity index (χ3v) is 24.2. The number of fused-ring (bicyclic) bond motifs is 18. The summed E-state index contributed by atoms with van der Waals surface area (Å²) in [4.78, 5) is 0. The van der Waals surface area contributed by atoms with Crippen LogP contribution in [-0.2, 0) is 5.41 Å². The minimum Gasteiger partial charge on any atom is -0.0623 e. The number of hydrogen-bond acceptors (Lipinski definition) is 0. The summed E-state index contributed by atoms with van der Waals surface area (Å²) in [5.41, 5.74) is 24.0. The Morgan fingerprint density at radius 2 is 0.580 bits per heavy atom. The van der Waals surface area contributed by atoms with E-state index in [-0.39, 0.29) is 0 Å².